The average Bonchev–Trinajstić information content (AvgIpc) is 3.36. The van der Waals surface area contributed by atoms with E-state index in [1.807, 2.05) is 84.9 Å². The van der Waals surface area contributed by atoms with E-state index in [9.17, 15) is 4.79 Å². The second kappa shape index (κ2) is 10.1. The molecule has 1 N–H and O–H groups in total. The molecule has 0 radical (unpaired) electrons. The summed E-state index contributed by atoms with van der Waals surface area (Å²) in [5, 5.41) is 15.2. The molecule has 172 valence electrons. The number of nitrogens with one attached hydrogen (secondary N) is 1. The van der Waals surface area contributed by atoms with Crippen LogP contribution in [0, 0.1) is 0 Å². The van der Waals surface area contributed by atoms with E-state index in [0.29, 0.717) is 23.9 Å². The van der Waals surface area contributed by atoms with Crippen molar-refractivity contribution in [1.82, 2.24) is 25.1 Å². The van der Waals surface area contributed by atoms with E-state index in [2.05, 4.69) is 30.6 Å². The van der Waals surface area contributed by atoms with Crippen LogP contribution in [-0.4, -0.2) is 63.7 Å². The van der Waals surface area contributed by atoms with Crippen molar-refractivity contribution in [2.45, 2.75) is 0 Å². The van der Waals surface area contributed by atoms with E-state index < -0.39 is 0 Å². The molecule has 0 spiro atoms. The maximum atomic E-state index is 12.7. The molecule has 1 fully saturated rings. The monoisotopic (exact) mass is 455 g/mol. The van der Waals surface area contributed by atoms with Gasteiger partial charge in [-0.05, 0) is 46.8 Å². The number of amides is 1. The number of hydrogen-bond donors (Lipinski definition) is 1. The van der Waals surface area contributed by atoms with Crippen LogP contribution < -0.4 is 15.0 Å². The number of rotatable bonds is 7. The number of anilines is 2. The second-order valence-corrected chi connectivity index (χ2v) is 7.98. The zero-order valence-electron chi connectivity index (χ0n) is 18.6. The quantitative estimate of drug-likeness (QED) is 0.458. The molecule has 0 atom stereocenters. The van der Waals surface area contributed by atoms with E-state index in [1.165, 1.54) is 0 Å². The summed E-state index contributed by atoms with van der Waals surface area (Å²) in [6.45, 7) is 3.28. The lowest BCUT2D eigenvalue weighted by Crippen LogP contribution is -2.49. The van der Waals surface area contributed by atoms with Gasteiger partial charge in [0.1, 0.15) is 11.5 Å². The Hall–Kier alpha value is -4.24. The van der Waals surface area contributed by atoms with Crippen LogP contribution in [0.1, 0.15) is 0 Å². The van der Waals surface area contributed by atoms with Crippen LogP contribution in [0.2, 0.25) is 0 Å². The molecule has 3 aromatic carbocycles. The highest BCUT2D eigenvalue weighted by Gasteiger charge is 2.23. The molecule has 4 aromatic rings. The molecular weight excluding hydrogens is 430 g/mol. The molecule has 0 saturated carbocycles. The summed E-state index contributed by atoms with van der Waals surface area (Å²) >= 11 is 0. The minimum atomic E-state index is -0.0561. The molecule has 34 heavy (non-hydrogen) atoms. The fraction of sp³-hybridized carbons (Fsp3) is 0.200. The first-order valence-corrected chi connectivity index (χ1v) is 11.2. The largest absolute Gasteiger partial charge is 0.457 e. The topological polar surface area (TPSA) is 88.4 Å². The molecule has 5 rings (SSSR count). The Morgan fingerprint density at radius 2 is 1.56 bits per heavy atom. The van der Waals surface area contributed by atoms with E-state index in [4.69, 9.17) is 4.74 Å². The fourth-order valence-corrected chi connectivity index (χ4v) is 3.89. The number of benzene rings is 3. The maximum Gasteiger partial charge on any atom is 0.250 e. The highest BCUT2D eigenvalue weighted by molar-refractivity contribution is 5.92. The van der Waals surface area contributed by atoms with Crippen LogP contribution in [0.4, 0.5) is 11.6 Å². The van der Waals surface area contributed by atoms with Crippen LogP contribution >= 0.6 is 0 Å². The summed E-state index contributed by atoms with van der Waals surface area (Å²) in [7, 11) is 0. The first-order chi connectivity index (χ1) is 16.7. The van der Waals surface area contributed by atoms with Crippen LogP contribution in [-0.2, 0) is 4.79 Å². The average molecular weight is 456 g/mol. The summed E-state index contributed by atoms with van der Waals surface area (Å²) in [5.74, 6) is 2.08. The Balaban J connectivity index is 1.14. The third-order valence-corrected chi connectivity index (χ3v) is 5.57. The molecule has 0 bridgehead atoms. The van der Waals surface area contributed by atoms with Gasteiger partial charge in [-0.15, -0.1) is 0 Å². The van der Waals surface area contributed by atoms with Crippen molar-refractivity contribution in [3.8, 4) is 17.2 Å². The van der Waals surface area contributed by atoms with Crippen LogP contribution in [0.15, 0.2) is 84.9 Å². The van der Waals surface area contributed by atoms with Crippen molar-refractivity contribution < 1.29 is 9.53 Å². The highest BCUT2D eigenvalue weighted by Crippen LogP contribution is 2.24. The second-order valence-electron chi connectivity index (χ2n) is 7.98. The van der Waals surface area contributed by atoms with E-state index in [0.717, 1.165) is 37.6 Å². The molecule has 9 nitrogen and oxygen atoms in total. The predicted octanol–water partition coefficient (Wildman–Crippen LogP) is 3.22. The smallest absolute Gasteiger partial charge is 0.250 e. The number of ether oxygens (including phenoxy) is 1. The summed E-state index contributed by atoms with van der Waals surface area (Å²) < 4.78 is 7.60. The van der Waals surface area contributed by atoms with Gasteiger partial charge in [-0.25, -0.2) is 0 Å². The van der Waals surface area contributed by atoms with Crippen molar-refractivity contribution in [1.29, 1.82) is 0 Å². The third-order valence-electron chi connectivity index (χ3n) is 5.57. The summed E-state index contributed by atoms with van der Waals surface area (Å²) in [6.07, 6.45) is 0. The third kappa shape index (κ3) is 5.21. The minimum Gasteiger partial charge on any atom is -0.457 e. The summed E-state index contributed by atoms with van der Waals surface area (Å²) in [6, 6.07) is 26.8. The SMILES string of the molecule is O=C(CN1CCN(c2nnnn2-c2ccccc2)CC1)Nc1cccc(Oc2ccccc2)c1. The fourth-order valence-electron chi connectivity index (χ4n) is 3.89. The van der Waals surface area contributed by atoms with Gasteiger partial charge in [0.2, 0.25) is 11.9 Å². The van der Waals surface area contributed by atoms with Crippen LogP contribution in [0.5, 0.6) is 11.5 Å². The number of carbonyl (C=O) groups is 1. The Morgan fingerprint density at radius 1 is 0.853 bits per heavy atom. The lowest BCUT2D eigenvalue weighted by Gasteiger charge is -2.34. The maximum absolute atomic E-state index is 12.7. The number of aromatic nitrogens is 4. The number of para-hydroxylation sites is 2. The first-order valence-electron chi connectivity index (χ1n) is 11.2. The molecule has 0 unspecified atom stereocenters. The number of carbonyl (C=O) groups excluding carboxylic acids is 1. The summed E-state index contributed by atoms with van der Waals surface area (Å²) in [4.78, 5) is 16.9. The lowest BCUT2D eigenvalue weighted by atomic mass is 10.2. The first kappa shape index (κ1) is 21.6. The zero-order valence-corrected chi connectivity index (χ0v) is 18.6. The van der Waals surface area contributed by atoms with Gasteiger partial charge in [0.25, 0.3) is 0 Å². The van der Waals surface area contributed by atoms with Gasteiger partial charge in [0.15, 0.2) is 0 Å². The molecule has 1 aromatic heterocycles. The van der Waals surface area contributed by atoms with E-state index in [-0.39, 0.29) is 5.91 Å². The van der Waals surface area contributed by atoms with Crippen LogP contribution in [0.25, 0.3) is 5.69 Å². The van der Waals surface area contributed by atoms with Gasteiger partial charge in [-0.2, -0.15) is 4.68 Å². The van der Waals surface area contributed by atoms with Crippen molar-refractivity contribution in [3.63, 3.8) is 0 Å². The van der Waals surface area contributed by atoms with Crippen LogP contribution in [0.3, 0.4) is 0 Å². The van der Waals surface area contributed by atoms with Gasteiger partial charge in [-0.1, -0.05) is 47.6 Å². The molecule has 9 heteroatoms. The Labute approximate surface area is 197 Å². The Bertz CT molecular complexity index is 1220. The van der Waals surface area contributed by atoms with Crippen molar-refractivity contribution in [2.24, 2.45) is 0 Å². The van der Waals surface area contributed by atoms with Gasteiger partial charge in [0, 0.05) is 37.9 Å². The van der Waals surface area contributed by atoms with E-state index in [1.54, 1.807) is 4.68 Å². The molecular formula is C25H25N7O2. The predicted molar refractivity (Wildman–Crippen MR) is 129 cm³/mol. The molecule has 1 aliphatic rings. The number of hydrogen-bond acceptors (Lipinski definition) is 7. The zero-order chi connectivity index (χ0) is 23.2. The standard InChI is InChI=1S/C25H25N7O2/c33-24(26-20-8-7-13-23(18-20)34-22-11-5-2-6-12-22)19-30-14-16-31(17-15-30)25-27-28-29-32(25)21-9-3-1-4-10-21/h1-13,18H,14-17,19H2,(H,26,33). The molecule has 1 saturated heterocycles. The normalized spacial score (nSPS) is 14.1. The van der Waals surface area contributed by atoms with Gasteiger partial charge in [0.05, 0.1) is 12.2 Å². The van der Waals surface area contributed by atoms with E-state index >= 15 is 0 Å². The number of nitrogens with zero attached hydrogens (tertiary/aromatic N) is 6. The van der Waals surface area contributed by atoms with Crippen molar-refractivity contribution in [3.05, 3.63) is 84.9 Å². The van der Waals surface area contributed by atoms with Gasteiger partial charge < -0.3 is 15.0 Å². The lowest BCUT2D eigenvalue weighted by molar-refractivity contribution is -0.117. The summed E-state index contributed by atoms with van der Waals surface area (Å²) in [5.41, 5.74) is 1.63. The van der Waals surface area contributed by atoms with Crippen molar-refractivity contribution in [2.75, 3.05) is 42.9 Å². The van der Waals surface area contributed by atoms with Gasteiger partial charge >= 0.3 is 0 Å². The van der Waals surface area contributed by atoms with Crippen molar-refractivity contribution >= 4 is 17.5 Å². The Morgan fingerprint density at radius 3 is 2.32 bits per heavy atom. The molecule has 1 aliphatic heterocycles. The molecule has 0 aliphatic carbocycles. The highest BCUT2D eigenvalue weighted by atomic mass is 16.5. The Kier molecular flexibility index (Phi) is 6.44. The molecule has 1 amide bonds. The number of tetrazole rings is 1. The molecule has 2 heterocycles. The minimum absolute atomic E-state index is 0.0561. The number of piperazine rings is 1. The van der Waals surface area contributed by atoms with Gasteiger partial charge in [-0.3, -0.25) is 9.69 Å².